The summed E-state index contributed by atoms with van der Waals surface area (Å²) in [5.41, 5.74) is 0. The van der Waals surface area contributed by atoms with Crippen molar-refractivity contribution in [3.63, 3.8) is 0 Å². The SMILES string of the molecule is CCCCC/C=C/C/C=C/CCCCCCCCOC(=O)CCCCCCC/C=C\CCCCCC. The summed E-state index contributed by atoms with van der Waals surface area (Å²) < 4.78 is 5.41. The summed E-state index contributed by atoms with van der Waals surface area (Å²) in [5, 5.41) is 0. The third-order valence-corrected chi connectivity index (χ3v) is 6.75. The number of unbranched alkanes of at least 4 members (excludes halogenated alkanes) is 18. The molecule has 0 saturated carbocycles. The lowest BCUT2D eigenvalue weighted by molar-refractivity contribution is -0.143. The van der Waals surface area contributed by atoms with Crippen LogP contribution < -0.4 is 0 Å². The number of hydrogen-bond acceptors (Lipinski definition) is 2. The van der Waals surface area contributed by atoms with E-state index >= 15 is 0 Å². The molecule has 0 atom stereocenters. The maximum absolute atomic E-state index is 11.9. The second-order valence-corrected chi connectivity index (χ2v) is 10.4. The minimum atomic E-state index is 0.00333. The van der Waals surface area contributed by atoms with Gasteiger partial charge in [0.2, 0.25) is 0 Å². The van der Waals surface area contributed by atoms with E-state index in [0.29, 0.717) is 13.0 Å². The number of carbonyl (C=O) groups excluding carboxylic acids is 1. The van der Waals surface area contributed by atoms with Crippen molar-refractivity contribution in [1.82, 2.24) is 0 Å². The lowest BCUT2D eigenvalue weighted by Crippen LogP contribution is -2.05. The first kappa shape index (κ1) is 34.7. The Kier molecular flexibility index (Phi) is 30.6. The van der Waals surface area contributed by atoms with Gasteiger partial charge in [0, 0.05) is 6.42 Å². The largest absolute Gasteiger partial charge is 0.466 e. The van der Waals surface area contributed by atoms with Crippen molar-refractivity contribution in [2.24, 2.45) is 0 Å². The van der Waals surface area contributed by atoms with Gasteiger partial charge in [0.1, 0.15) is 0 Å². The molecule has 0 aromatic heterocycles. The van der Waals surface area contributed by atoms with Gasteiger partial charge in [-0.15, -0.1) is 0 Å². The van der Waals surface area contributed by atoms with E-state index in [9.17, 15) is 4.79 Å². The van der Waals surface area contributed by atoms with Crippen molar-refractivity contribution in [3.05, 3.63) is 36.5 Å². The van der Waals surface area contributed by atoms with E-state index in [1.165, 1.54) is 122 Å². The highest BCUT2D eigenvalue weighted by Crippen LogP contribution is 2.11. The molecule has 0 aliphatic rings. The van der Waals surface area contributed by atoms with Crippen LogP contribution in [-0.4, -0.2) is 12.6 Å². The monoisotopic (exact) mass is 502 g/mol. The summed E-state index contributed by atoms with van der Waals surface area (Å²) in [5.74, 6) is 0.00333. The molecule has 2 heteroatoms. The van der Waals surface area contributed by atoms with Crippen LogP contribution in [0.3, 0.4) is 0 Å². The zero-order valence-corrected chi connectivity index (χ0v) is 24.5. The van der Waals surface area contributed by atoms with Gasteiger partial charge in [0.25, 0.3) is 0 Å². The topological polar surface area (TPSA) is 26.3 Å². The molecule has 0 heterocycles. The number of rotatable bonds is 28. The van der Waals surface area contributed by atoms with E-state index in [1.54, 1.807) is 0 Å². The van der Waals surface area contributed by atoms with E-state index in [-0.39, 0.29) is 5.97 Å². The van der Waals surface area contributed by atoms with Crippen molar-refractivity contribution < 1.29 is 9.53 Å². The van der Waals surface area contributed by atoms with E-state index < -0.39 is 0 Å². The zero-order valence-electron chi connectivity index (χ0n) is 24.5. The molecule has 0 bridgehead atoms. The van der Waals surface area contributed by atoms with Gasteiger partial charge >= 0.3 is 5.97 Å². The summed E-state index contributed by atoms with van der Waals surface area (Å²) >= 11 is 0. The molecule has 2 nitrogen and oxygen atoms in total. The first-order valence-corrected chi connectivity index (χ1v) is 15.9. The van der Waals surface area contributed by atoms with Crippen LogP contribution >= 0.6 is 0 Å². The summed E-state index contributed by atoms with van der Waals surface area (Å²) in [7, 11) is 0. The van der Waals surface area contributed by atoms with Crippen molar-refractivity contribution in [2.45, 2.75) is 168 Å². The fourth-order valence-electron chi connectivity index (χ4n) is 4.33. The van der Waals surface area contributed by atoms with Gasteiger partial charge in [-0.05, 0) is 70.6 Å². The first-order chi connectivity index (χ1) is 17.8. The van der Waals surface area contributed by atoms with Crippen LogP contribution in [0.2, 0.25) is 0 Å². The van der Waals surface area contributed by atoms with E-state index in [0.717, 1.165) is 25.7 Å². The van der Waals surface area contributed by atoms with E-state index in [2.05, 4.69) is 50.3 Å². The summed E-state index contributed by atoms with van der Waals surface area (Å²) in [6.07, 6.45) is 43.3. The van der Waals surface area contributed by atoms with Crippen LogP contribution in [0.25, 0.3) is 0 Å². The average Bonchev–Trinajstić information content (AvgIpc) is 2.88. The predicted molar refractivity (Wildman–Crippen MR) is 161 cm³/mol. The molecule has 36 heavy (non-hydrogen) atoms. The molecule has 0 unspecified atom stereocenters. The normalized spacial score (nSPS) is 11.9. The molecule has 0 spiro atoms. The Hall–Kier alpha value is -1.31. The van der Waals surface area contributed by atoms with Crippen molar-refractivity contribution >= 4 is 5.97 Å². The lowest BCUT2D eigenvalue weighted by Gasteiger charge is -2.05. The van der Waals surface area contributed by atoms with E-state index in [1.807, 2.05) is 0 Å². The van der Waals surface area contributed by atoms with Gasteiger partial charge in [0.05, 0.1) is 6.61 Å². The Bertz CT molecular complexity index is 517. The Labute approximate surface area is 226 Å². The highest BCUT2D eigenvalue weighted by atomic mass is 16.5. The fraction of sp³-hybridized carbons (Fsp3) is 0.794. The second-order valence-electron chi connectivity index (χ2n) is 10.4. The van der Waals surface area contributed by atoms with Crippen molar-refractivity contribution in [1.29, 1.82) is 0 Å². The first-order valence-electron chi connectivity index (χ1n) is 15.9. The van der Waals surface area contributed by atoms with Crippen LogP contribution in [0.1, 0.15) is 168 Å². The number of carbonyl (C=O) groups is 1. The molecule has 0 amide bonds. The Morgan fingerprint density at radius 3 is 1.42 bits per heavy atom. The minimum Gasteiger partial charge on any atom is -0.466 e. The number of ether oxygens (including phenoxy) is 1. The summed E-state index contributed by atoms with van der Waals surface area (Å²) in [4.78, 5) is 11.9. The third kappa shape index (κ3) is 30.7. The fourth-order valence-corrected chi connectivity index (χ4v) is 4.33. The predicted octanol–water partition coefficient (Wildman–Crippen LogP) is 11.6. The van der Waals surface area contributed by atoms with Crippen LogP contribution in [0.15, 0.2) is 36.5 Å². The molecule has 0 aliphatic heterocycles. The van der Waals surface area contributed by atoms with Gasteiger partial charge in [-0.2, -0.15) is 0 Å². The molecule has 0 aromatic carbocycles. The molecule has 0 radical (unpaired) electrons. The molecule has 0 N–H and O–H groups in total. The molecule has 0 saturated heterocycles. The van der Waals surface area contributed by atoms with Crippen LogP contribution in [0.5, 0.6) is 0 Å². The summed E-state index contributed by atoms with van der Waals surface area (Å²) in [6.45, 7) is 5.13. The third-order valence-electron chi connectivity index (χ3n) is 6.75. The second kappa shape index (κ2) is 31.7. The molecule has 0 fully saturated rings. The maximum atomic E-state index is 11.9. The highest BCUT2D eigenvalue weighted by Gasteiger charge is 2.02. The highest BCUT2D eigenvalue weighted by molar-refractivity contribution is 5.69. The molecule has 0 aromatic rings. The zero-order chi connectivity index (χ0) is 26.2. The van der Waals surface area contributed by atoms with Crippen LogP contribution in [0, 0.1) is 0 Å². The van der Waals surface area contributed by atoms with Gasteiger partial charge in [-0.1, -0.05) is 127 Å². The smallest absolute Gasteiger partial charge is 0.305 e. The van der Waals surface area contributed by atoms with Crippen molar-refractivity contribution in [2.75, 3.05) is 6.61 Å². The standard InChI is InChI=1S/C34H62O2/c1-3-5-7-9-11-13-15-17-18-19-21-23-25-27-29-31-33-36-34(35)32-30-28-26-24-22-20-16-14-12-10-8-6-4-2/h11,13-14,16-18H,3-10,12,15,19-33H2,1-2H3/b13-11+,16-14-,18-17+. The quantitative estimate of drug-likeness (QED) is 0.0604. The Balaban J connectivity index is 3.26. The number of hydrogen-bond donors (Lipinski definition) is 0. The lowest BCUT2D eigenvalue weighted by atomic mass is 10.1. The van der Waals surface area contributed by atoms with Gasteiger partial charge in [0.15, 0.2) is 0 Å². The Morgan fingerprint density at radius 1 is 0.472 bits per heavy atom. The average molecular weight is 503 g/mol. The molecule has 0 rings (SSSR count). The van der Waals surface area contributed by atoms with Crippen LogP contribution in [0.4, 0.5) is 0 Å². The molecule has 0 aliphatic carbocycles. The summed E-state index contributed by atoms with van der Waals surface area (Å²) in [6, 6.07) is 0. The van der Waals surface area contributed by atoms with Gasteiger partial charge in [-0.3, -0.25) is 4.79 Å². The molecule has 210 valence electrons. The Morgan fingerprint density at radius 2 is 0.861 bits per heavy atom. The minimum absolute atomic E-state index is 0.00333. The van der Waals surface area contributed by atoms with Gasteiger partial charge in [-0.25, -0.2) is 0 Å². The molecular weight excluding hydrogens is 440 g/mol. The maximum Gasteiger partial charge on any atom is 0.305 e. The van der Waals surface area contributed by atoms with Gasteiger partial charge < -0.3 is 4.74 Å². The van der Waals surface area contributed by atoms with E-state index in [4.69, 9.17) is 4.74 Å². The van der Waals surface area contributed by atoms with Crippen LogP contribution in [-0.2, 0) is 9.53 Å². The number of esters is 1. The van der Waals surface area contributed by atoms with Crippen molar-refractivity contribution in [3.8, 4) is 0 Å². The number of allylic oxidation sites excluding steroid dienone is 6. The molecular formula is C34H62O2.